The van der Waals surface area contributed by atoms with Gasteiger partial charge in [-0.3, -0.25) is 11.3 Å². The van der Waals surface area contributed by atoms with E-state index < -0.39 is 12.1 Å². The SMILES string of the molecule is C=C(CC)CC(NN)C1CCC(C(F)(F)F)CC1. The molecule has 18 heavy (non-hydrogen) atoms. The average molecular weight is 264 g/mol. The Bertz CT molecular complexity index is 268. The van der Waals surface area contributed by atoms with Crippen molar-refractivity contribution in [1.82, 2.24) is 5.43 Å². The Balaban J connectivity index is 2.47. The van der Waals surface area contributed by atoms with Gasteiger partial charge in [-0.15, -0.1) is 0 Å². The molecule has 1 aliphatic carbocycles. The van der Waals surface area contributed by atoms with Crippen molar-refractivity contribution in [3.8, 4) is 0 Å². The normalized spacial score (nSPS) is 26.9. The van der Waals surface area contributed by atoms with Crippen molar-refractivity contribution in [3.05, 3.63) is 12.2 Å². The molecule has 1 atom stereocenters. The monoisotopic (exact) mass is 264 g/mol. The van der Waals surface area contributed by atoms with E-state index in [-0.39, 0.29) is 24.8 Å². The van der Waals surface area contributed by atoms with Crippen molar-refractivity contribution >= 4 is 0 Å². The van der Waals surface area contributed by atoms with Gasteiger partial charge in [0.1, 0.15) is 0 Å². The zero-order valence-electron chi connectivity index (χ0n) is 10.9. The Morgan fingerprint density at radius 3 is 2.28 bits per heavy atom. The van der Waals surface area contributed by atoms with Gasteiger partial charge in [-0.25, -0.2) is 0 Å². The van der Waals surface area contributed by atoms with Gasteiger partial charge in [0.15, 0.2) is 0 Å². The molecule has 1 saturated carbocycles. The number of nitrogens with two attached hydrogens (primary N) is 1. The third-order valence-corrected chi connectivity index (χ3v) is 4.03. The predicted molar refractivity (Wildman–Crippen MR) is 66.7 cm³/mol. The average Bonchev–Trinajstić information content (AvgIpc) is 2.34. The molecule has 0 aromatic rings. The van der Waals surface area contributed by atoms with Gasteiger partial charge >= 0.3 is 6.18 Å². The number of hydrogen-bond donors (Lipinski definition) is 2. The van der Waals surface area contributed by atoms with Gasteiger partial charge in [-0.2, -0.15) is 13.2 Å². The number of hydrogen-bond acceptors (Lipinski definition) is 2. The molecule has 0 aromatic carbocycles. The fraction of sp³-hybridized carbons (Fsp3) is 0.846. The lowest BCUT2D eigenvalue weighted by atomic mass is 9.77. The van der Waals surface area contributed by atoms with Gasteiger partial charge < -0.3 is 0 Å². The maximum atomic E-state index is 12.6. The van der Waals surface area contributed by atoms with Crippen LogP contribution in [-0.4, -0.2) is 12.2 Å². The van der Waals surface area contributed by atoms with E-state index in [0.717, 1.165) is 18.4 Å². The molecule has 0 heterocycles. The standard InChI is InChI=1S/C13H23F3N2/c1-3-9(2)8-12(18-17)10-4-6-11(7-5-10)13(14,15)16/h10-12,18H,2-8,17H2,1H3. The molecule has 1 fully saturated rings. The number of alkyl halides is 3. The number of hydrazine groups is 1. The van der Waals surface area contributed by atoms with Gasteiger partial charge in [0, 0.05) is 6.04 Å². The minimum atomic E-state index is -4.04. The number of rotatable bonds is 5. The molecule has 0 amide bonds. The summed E-state index contributed by atoms with van der Waals surface area (Å²) in [6.45, 7) is 5.96. The Morgan fingerprint density at radius 1 is 1.33 bits per heavy atom. The highest BCUT2D eigenvalue weighted by Crippen LogP contribution is 2.40. The summed E-state index contributed by atoms with van der Waals surface area (Å²) >= 11 is 0. The third kappa shape index (κ3) is 4.28. The lowest BCUT2D eigenvalue weighted by Crippen LogP contribution is -2.43. The van der Waals surface area contributed by atoms with E-state index in [2.05, 4.69) is 12.0 Å². The van der Waals surface area contributed by atoms with Crippen LogP contribution in [0.2, 0.25) is 0 Å². The molecule has 1 unspecified atom stereocenters. The summed E-state index contributed by atoms with van der Waals surface area (Å²) in [7, 11) is 0. The van der Waals surface area contributed by atoms with Gasteiger partial charge in [-0.05, 0) is 44.4 Å². The highest BCUT2D eigenvalue weighted by atomic mass is 19.4. The van der Waals surface area contributed by atoms with E-state index in [1.165, 1.54) is 0 Å². The Kier molecular flexibility index (Phi) is 5.66. The Morgan fingerprint density at radius 2 is 1.89 bits per heavy atom. The highest BCUT2D eigenvalue weighted by Gasteiger charge is 2.42. The van der Waals surface area contributed by atoms with Crippen LogP contribution >= 0.6 is 0 Å². The van der Waals surface area contributed by atoms with Gasteiger partial charge in [0.2, 0.25) is 0 Å². The summed E-state index contributed by atoms with van der Waals surface area (Å²) in [5.41, 5.74) is 3.84. The first-order valence-electron chi connectivity index (χ1n) is 6.58. The third-order valence-electron chi connectivity index (χ3n) is 4.03. The molecular weight excluding hydrogens is 241 g/mol. The first-order valence-corrected chi connectivity index (χ1v) is 6.58. The number of halogens is 3. The lowest BCUT2D eigenvalue weighted by Gasteiger charge is -2.34. The largest absolute Gasteiger partial charge is 0.391 e. The van der Waals surface area contributed by atoms with Crippen molar-refractivity contribution in [1.29, 1.82) is 0 Å². The second-order valence-corrected chi connectivity index (χ2v) is 5.23. The summed E-state index contributed by atoms with van der Waals surface area (Å²) in [5.74, 6) is 4.62. The van der Waals surface area contributed by atoms with Crippen LogP contribution < -0.4 is 11.3 Å². The minimum Gasteiger partial charge on any atom is -0.271 e. The smallest absolute Gasteiger partial charge is 0.271 e. The molecule has 5 heteroatoms. The molecule has 0 aliphatic heterocycles. The summed E-state index contributed by atoms with van der Waals surface area (Å²) in [4.78, 5) is 0. The maximum Gasteiger partial charge on any atom is 0.391 e. The van der Waals surface area contributed by atoms with Gasteiger partial charge in [0.25, 0.3) is 0 Å². The van der Waals surface area contributed by atoms with Crippen LogP contribution in [0.1, 0.15) is 45.4 Å². The fourth-order valence-electron chi connectivity index (χ4n) is 2.67. The van der Waals surface area contributed by atoms with Crippen molar-refractivity contribution in [2.24, 2.45) is 17.7 Å². The van der Waals surface area contributed by atoms with Gasteiger partial charge in [0.05, 0.1) is 5.92 Å². The van der Waals surface area contributed by atoms with Crippen LogP contribution in [0.3, 0.4) is 0 Å². The van der Waals surface area contributed by atoms with Crippen molar-refractivity contribution < 1.29 is 13.2 Å². The topological polar surface area (TPSA) is 38.0 Å². The molecule has 1 aliphatic rings. The van der Waals surface area contributed by atoms with Crippen molar-refractivity contribution in [2.75, 3.05) is 0 Å². The van der Waals surface area contributed by atoms with E-state index in [4.69, 9.17) is 5.84 Å². The second-order valence-electron chi connectivity index (χ2n) is 5.23. The minimum absolute atomic E-state index is 0.0617. The molecule has 3 N–H and O–H groups in total. The molecule has 0 saturated heterocycles. The molecule has 2 nitrogen and oxygen atoms in total. The van der Waals surface area contributed by atoms with E-state index in [0.29, 0.717) is 12.8 Å². The first-order chi connectivity index (χ1) is 8.38. The molecule has 0 aromatic heterocycles. The Hall–Kier alpha value is -0.550. The van der Waals surface area contributed by atoms with Gasteiger partial charge in [-0.1, -0.05) is 19.1 Å². The molecule has 1 rings (SSSR count). The predicted octanol–water partition coefficient (Wildman–Crippen LogP) is 3.54. The number of nitrogens with one attached hydrogen (secondary N) is 1. The fourth-order valence-corrected chi connectivity index (χ4v) is 2.67. The maximum absolute atomic E-state index is 12.6. The summed E-state index contributed by atoms with van der Waals surface area (Å²) in [5, 5.41) is 0. The van der Waals surface area contributed by atoms with Crippen LogP contribution in [0.4, 0.5) is 13.2 Å². The van der Waals surface area contributed by atoms with E-state index in [1.807, 2.05) is 6.92 Å². The van der Waals surface area contributed by atoms with Crippen LogP contribution in [0.15, 0.2) is 12.2 Å². The highest BCUT2D eigenvalue weighted by molar-refractivity contribution is 4.98. The van der Waals surface area contributed by atoms with Crippen molar-refractivity contribution in [2.45, 2.75) is 57.7 Å². The van der Waals surface area contributed by atoms with Crippen LogP contribution in [-0.2, 0) is 0 Å². The Labute approximate surface area is 107 Å². The van der Waals surface area contributed by atoms with E-state index in [1.54, 1.807) is 0 Å². The van der Waals surface area contributed by atoms with E-state index >= 15 is 0 Å². The van der Waals surface area contributed by atoms with Crippen LogP contribution in [0, 0.1) is 11.8 Å². The summed E-state index contributed by atoms with van der Waals surface area (Å²) < 4.78 is 37.7. The molecule has 0 bridgehead atoms. The molecule has 0 spiro atoms. The molecule has 106 valence electrons. The second kappa shape index (κ2) is 6.57. The molecule has 0 radical (unpaired) electrons. The summed E-state index contributed by atoms with van der Waals surface area (Å²) in [6.07, 6.45) is -0.754. The lowest BCUT2D eigenvalue weighted by molar-refractivity contribution is -0.184. The van der Waals surface area contributed by atoms with Crippen molar-refractivity contribution in [3.63, 3.8) is 0 Å². The first kappa shape index (κ1) is 15.5. The zero-order valence-corrected chi connectivity index (χ0v) is 10.9. The zero-order chi connectivity index (χ0) is 13.8. The summed E-state index contributed by atoms with van der Waals surface area (Å²) in [6, 6.07) is 0.0617. The molecular formula is C13H23F3N2. The van der Waals surface area contributed by atoms with Crippen LogP contribution in [0.25, 0.3) is 0 Å². The van der Waals surface area contributed by atoms with E-state index in [9.17, 15) is 13.2 Å². The quantitative estimate of drug-likeness (QED) is 0.453. The van der Waals surface area contributed by atoms with Crippen LogP contribution in [0.5, 0.6) is 0 Å².